The molecule has 1 saturated heterocycles. The third kappa shape index (κ3) is 2.83. The summed E-state index contributed by atoms with van der Waals surface area (Å²) < 4.78 is 13.3. The fourth-order valence-electron chi connectivity index (χ4n) is 3.31. The zero-order valence-electron chi connectivity index (χ0n) is 14.4. The van der Waals surface area contributed by atoms with Gasteiger partial charge < -0.3 is 14.1 Å². The summed E-state index contributed by atoms with van der Waals surface area (Å²) >= 11 is 0. The van der Waals surface area contributed by atoms with Crippen molar-refractivity contribution in [3.05, 3.63) is 41.4 Å². The second kappa shape index (κ2) is 5.84. The Hall–Kier alpha value is -2.52. The Morgan fingerprint density at radius 3 is 2.62 bits per heavy atom. The van der Waals surface area contributed by atoms with Crippen LogP contribution in [0.25, 0.3) is 5.88 Å². The number of nitriles is 1. The van der Waals surface area contributed by atoms with Gasteiger partial charge in [-0.25, -0.2) is 0 Å². The third-order valence-corrected chi connectivity index (χ3v) is 4.09. The molecule has 126 valence electrons. The Morgan fingerprint density at radius 2 is 2.04 bits per heavy atom. The summed E-state index contributed by atoms with van der Waals surface area (Å²) in [7, 11) is 0. The molecular weight excluding hydrogens is 306 g/mol. The van der Waals surface area contributed by atoms with Crippen molar-refractivity contribution in [2.45, 2.75) is 39.4 Å². The summed E-state index contributed by atoms with van der Waals surface area (Å²) in [5, 5.41) is 9.59. The molecule has 1 aliphatic heterocycles. The molecule has 3 heterocycles. The van der Waals surface area contributed by atoms with Gasteiger partial charge in [-0.1, -0.05) is 0 Å². The van der Waals surface area contributed by atoms with E-state index in [1.807, 2.05) is 32.9 Å². The Labute approximate surface area is 141 Å². The van der Waals surface area contributed by atoms with Crippen LogP contribution in [0, 0.1) is 18.3 Å². The van der Waals surface area contributed by atoms with Gasteiger partial charge in [0.1, 0.15) is 23.0 Å². The predicted octanol–water partition coefficient (Wildman–Crippen LogP) is 2.89. The number of morpholine rings is 1. The third-order valence-electron chi connectivity index (χ3n) is 4.09. The molecule has 1 fully saturated rings. The molecule has 6 heteroatoms. The van der Waals surface area contributed by atoms with Crippen molar-refractivity contribution in [3.63, 3.8) is 0 Å². The summed E-state index contributed by atoms with van der Waals surface area (Å²) in [5.74, 6) is 0.649. The monoisotopic (exact) mass is 327 g/mol. The highest BCUT2D eigenvalue weighted by atomic mass is 16.5. The zero-order valence-corrected chi connectivity index (χ0v) is 14.4. The fourth-order valence-corrected chi connectivity index (χ4v) is 3.31. The molecule has 0 bridgehead atoms. The quantitative estimate of drug-likeness (QED) is 0.850. The number of amides is 1. The Kier molecular flexibility index (Phi) is 3.98. The van der Waals surface area contributed by atoms with Gasteiger partial charge in [-0.05, 0) is 39.8 Å². The number of ether oxygens (including phenoxy) is 1. The number of rotatable bonds is 2. The highest BCUT2D eigenvalue weighted by Gasteiger charge is 2.36. The lowest BCUT2D eigenvalue weighted by atomic mass is 10.0. The first-order valence-corrected chi connectivity index (χ1v) is 7.96. The Morgan fingerprint density at radius 1 is 1.38 bits per heavy atom. The number of carbonyl (C=O) groups is 1. The molecule has 0 saturated carbocycles. The lowest BCUT2D eigenvalue weighted by Gasteiger charge is -2.41. The van der Waals surface area contributed by atoms with E-state index in [4.69, 9.17) is 9.15 Å². The molecule has 2 aromatic heterocycles. The number of nitrogens with zero attached hydrogens (tertiary/aromatic N) is 3. The zero-order chi connectivity index (χ0) is 17.5. The molecular formula is C18H21N3O3. The van der Waals surface area contributed by atoms with Crippen LogP contribution in [0.2, 0.25) is 0 Å². The van der Waals surface area contributed by atoms with Crippen LogP contribution in [0.3, 0.4) is 0 Å². The number of aryl methyl sites for hydroxylation is 1. The van der Waals surface area contributed by atoms with Gasteiger partial charge >= 0.3 is 0 Å². The minimum absolute atomic E-state index is 0.0561. The highest BCUT2D eigenvalue weighted by Crippen LogP contribution is 2.29. The van der Waals surface area contributed by atoms with Gasteiger partial charge in [-0.3, -0.25) is 9.36 Å². The molecule has 6 nitrogen and oxygen atoms in total. The minimum Gasteiger partial charge on any atom is -0.443 e. The van der Waals surface area contributed by atoms with Crippen molar-refractivity contribution in [2.24, 2.45) is 0 Å². The van der Waals surface area contributed by atoms with Gasteiger partial charge in [-0.15, -0.1) is 0 Å². The van der Waals surface area contributed by atoms with Crippen molar-refractivity contribution in [1.29, 1.82) is 5.26 Å². The van der Waals surface area contributed by atoms with Crippen molar-refractivity contribution < 1.29 is 13.9 Å². The van der Waals surface area contributed by atoms with E-state index in [-0.39, 0.29) is 17.6 Å². The number of hydrogen-bond donors (Lipinski definition) is 0. The normalized spacial score (nSPS) is 20.0. The summed E-state index contributed by atoms with van der Waals surface area (Å²) in [6.45, 7) is 8.56. The molecule has 1 aliphatic rings. The van der Waals surface area contributed by atoms with E-state index in [0.29, 0.717) is 30.3 Å². The van der Waals surface area contributed by atoms with E-state index in [9.17, 15) is 10.1 Å². The van der Waals surface area contributed by atoms with Gasteiger partial charge in [0.05, 0.1) is 11.7 Å². The summed E-state index contributed by atoms with van der Waals surface area (Å²) in [5.41, 5.74) is 0.192. The van der Waals surface area contributed by atoms with Crippen molar-refractivity contribution in [2.75, 3.05) is 13.1 Å². The molecule has 0 N–H and O–H groups in total. The molecule has 0 radical (unpaired) electrons. The smallest absolute Gasteiger partial charge is 0.259 e. The second-order valence-corrected chi connectivity index (χ2v) is 6.79. The molecule has 2 aromatic rings. The highest BCUT2D eigenvalue weighted by molar-refractivity contribution is 5.98. The molecule has 0 unspecified atom stereocenters. The van der Waals surface area contributed by atoms with E-state index in [0.717, 1.165) is 0 Å². The molecule has 24 heavy (non-hydrogen) atoms. The van der Waals surface area contributed by atoms with Crippen LogP contribution in [0.5, 0.6) is 0 Å². The largest absolute Gasteiger partial charge is 0.443 e. The van der Waals surface area contributed by atoms with Crippen LogP contribution in [0.4, 0.5) is 0 Å². The molecule has 0 aliphatic carbocycles. The lowest BCUT2D eigenvalue weighted by molar-refractivity contribution is -0.118. The standard InChI is InChI=1S/C18H21N3O3/c1-12-10-21(11-18(3,4)24-12)16(22)15-13(2)23-17(14(15)9-19)20-7-5-6-8-20/h5-8,12H,10-11H2,1-4H3/t12-/m1/s1. The van der Waals surface area contributed by atoms with Crippen molar-refractivity contribution in [3.8, 4) is 12.0 Å². The number of carbonyl (C=O) groups excluding carboxylic acids is 1. The van der Waals surface area contributed by atoms with E-state index in [1.165, 1.54) is 0 Å². The van der Waals surface area contributed by atoms with Crippen LogP contribution >= 0.6 is 0 Å². The van der Waals surface area contributed by atoms with Crippen LogP contribution in [0.15, 0.2) is 28.9 Å². The fraction of sp³-hybridized carbons (Fsp3) is 0.444. The van der Waals surface area contributed by atoms with Crippen LogP contribution in [0.1, 0.15) is 42.5 Å². The van der Waals surface area contributed by atoms with Crippen LogP contribution in [-0.2, 0) is 4.74 Å². The van der Waals surface area contributed by atoms with Crippen LogP contribution in [-0.4, -0.2) is 40.2 Å². The molecule has 3 rings (SSSR count). The average Bonchev–Trinajstić information content (AvgIpc) is 3.11. The van der Waals surface area contributed by atoms with Gasteiger partial charge in [0.25, 0.3) is 5.91 Å². The maximum atomic E-state index is 13.1. The summed E-state index contributed by atoms with van der Waals surface area (Å²) in [6.07, 6.45) is 3.51. The number of aromatic nitrogens is 1. The van der Waals surface area contributed by atoms with E-state index >= 15 is 0 Å². The maximum absolute atomic E-state index is 13.1. The van der Waals surface area contributed by atoms with Gasteiger partial charge in [-0.2, -0.15) is 5.26 Å². The molecule has 1 amide bonds. The van der Waals surface area contributed by atoms with Gasteiger partial charge in [0.15, 0.2) is 0 Å². The molecule has 1 atom stereocenters. The molecule has 0 spiro atoms. The topological polar surface area (TPSA) is 71.4 Å². The first kappa shape index (κ1) is 16.3. The lowest BCUT2D eigenvalue weighted by Crippen LogP contribution is -2.53. The summed E-state index contributed by atoms with van der Waals surface area (Å²) in [6, 6.07) is 5.81. The number of hydrogen-bond acceptors (Lipinski definition) is 4. The van der Waals surface area contributed by atoms with E-state index in [2.05, 4.69) is 6.07 Å². The van der Waals surface area contributed by atoms with Gasteiger partial charge in [0.2, 0.25) is 5.88 Å². The second-order valence-electron chi connectivity index (χ2n) is 6.79. The first-order valence-electron chi connectivity index (χ1n) is 7.96. The minimum atomic E-state index is -0.416. The average molecular weight is 327 g/mol. The van der Waals surface area contributed by atoms with Crippen LogP contribution < -0.4 is 0 Å². The number of furan rings is 1. The van der Waals surface area contributed by atoms with E-state index < -0.39 is 5.60 Å². The van der Waals surface area contributed by atoms with Crippen molar-refractivity contribution in [1.82, 2.24) is 9.47 Å². The SMILES string of the molecule is Cc1oc(-n2cccc2)c(C#N)c1C(=O)N1C[C@@H](C)OC(C)(C)C1. The first-order chi connectivity index (χ1) is 11.3. The van der Waals surface area contributed by atoms with E-state index in [1.54, 1.807) is 28.8 Å². The Balaban J connectivity index is 2.00. The Bertz CT molecular complexity index is 796. The van der Waals surface area contributed by atoms with Crippen molar-refractivity contribution >= 4 is 5.91 Å². The summed E-state index contributed by atoms with van der Waals surface area (Å²) in [4.78, 5) is 14.8. The molecule has 0 aromatic carbocycles. The predicted molar refractivity (Wildman–Crippen MR) is 88.0 cm³/mol. The maximum Gasteiger partial charge on any atom is 0.259 e. The van der Waals surface area contributed by atoms with Gasteiger partial charge in [0, 0.05) is 25.5 Å².